The molecule has 0 fully saturated rings. The second-order valence-electron chi connectivity index (χ2n) is 12.4. The Morgan fingerprint density at radius 3 is 1.47 bits per heavy atom. The van der Waals surface area contributed by atoms with Crippen LogP contribution in [-0.4, -0.2) is 76.7 Å². The van der Waals surface area contributed by atoms with Crippen LogP contribution < -0.4 is 18.9 Å². The molecule has 57 heavy (non-hydrogen) atoms. The highest BCUT2D eigenvalue weighted by atomic mass is 16.6. The molecule has 0 aliphatic rings. The van der Waals surface area contributed by atoms with Gasteiger partial charge in [-0.05, 0) is 100 Å². The van der Waals surface area contributed by atoms with Gasteiger partial charge in [-0.15, -0.1) is 0 Å². The first kappa shape index (κ1) is 41.7. The van der Waals surface area contributed by atoms with Gasteiger partial charge in [0.1, 0.15) is 49.4 Å². The van der Waals surface area contributed by atoms with Gasteiger partial charge in [0.05, 0.1) is 37.6 Å². The molecule has 12 nitrogen and oxygen atoms in total. The summed E-state index contributed by atoms with van der Waals surface area (Å²) in [6.45, 7) is 10.7. The molecule has 296 valence electrons. The Kier molecular flexibility index (Phi) is 15.8. The van der Waals surface area contributed by atoms with Crippen LogP contribution in [-0.2, 0) is 35.0 Å². The van der Waals surface area contributed by atoms with Crippen LogP contribution in [0, 0.1) is 0 Å². The molecule has 5 aromatic carbocycles. The van der Waals surface area contributed by atoms with Gasteiger partial charge in [0.25, 0.3) is 0 Å². The molecule has 0 saturated carbocycles. The molecule has 0 radical (unpaired) electrons. The van der Waals surface area contributed by atoms with E-state index >= 15 is 0 Å². The van der Waals surface area contributed by atoms with Crippen molar-refractivity contribution in [1.29, 1.82) is 0 Å². The number of benzene rings is 5. The Morgan fingerprint density at radius 2 is 0.965 bits per heavy atom. The van der Waals surface area contributed by atoms with Crippen molar-refractivity contribution in [2.75, 3.05) is 52.9 Å². The molecule has 0 aliphatic carbocycles. The van der Waals surface area contributed by atoms with E-state index in [-0.39, 0.29) is 26.4 Å². The highest BCUT2D eigenvalue weighted by molar-refractivity contribution is 5.98. The quantitative estimate of drug-likeness (QED) is 0.0295. The fourth-order valence-corrected chi connectivity index (χ4v) is 5.55. The number of ether oxygens (including phenoxy) is 8. The third-order valence-corrected chi connectivity index (χ3v) is 8.33. The van der Waals surface area contributed by atoms with Gasteiger partial charge in [-0.2, -0.15) is 0 Å². The summed E-state index contributed by atoms with van der Waals surface area (Å²) in [5.41, 5.74) is 1.48. The van der Waals surface area contributed by atoms with Gasteiger partial charge >= 0.3 is 23.9 Å². The Balaban J connectivity index is 1.12. The van der Waals surface area contributed by atoms with Crippen LogP contribution in [0.25, 0.3) is 21.5 Å². The lowest BCUT2D eigenvalue weighted by molar-refractivity contribution is -0.140. The lowest BCUT2D eigenvalue weighted by Crippen LogP contribution is -2.12. The topological polar surface area (TPSA) is 142 Å². The summed E-state index contributed by atoms with van der Waals surface area (Å²) in [7, 11) is 0. The monoisotopic (exact) mass is 776 g/mol. The summed E-state index contributed by atoms with van der Waals surface area (Å²) in [4.78, 5) is 48.6. The lowest BCUT2D eigenvalue weighted by Gasteiger charge is -2.13. The maximum atomic E-state index is 13.3. The van der Waals surface area contributed by atoms with Crippen LogP contribution in [0.15, 0.2) is 116 Å². The second-order valence-corrected chi connectivity index (χ2v) is 12.4. The van der Waals surface area contributed by atoms with Crippen LogP contribution in [0.3, 0.4) is 0 Å². The zero-order valence-corrected chi connectivity index (χ0v) is 31.7. The molecule has 5 rings (SSSR count). The zero-order valence-electron chi connectivity index (χ0n) is 31.7. The zero-order chi connectivity index (χ0) is 40.4. The lowest BCUT2D eigenvalue weighted by atomic mass is 10.1. The van der Waals surface area contributed by atoms with E-state index in [9.17, 15) is 19.2 Å². The van der Waals surface area contributed by atoms with Gasteiger partial charge in [-0.25, -0.2) is 19.2 Å². The van der Waals surface area contributed by atoms with E-state index in [0.29, 0.717) is 67.0 Å². The molecule has 0 amide bonds. The highest BCUT2D eigenvalue weighted by Crippen LogP contribution is 2.29. The molecule has 0 bridgehead atoms. The van der Waals surface area contributed by atoms with Crippen molar-refractivity contribution >= 4 is 45.4 Å². The van der Waals surface area contributed by atoms with Crippen LogP contribution in [0.1, 0.15) is 39.6 Å². The molecule has 12 heteroatoms. The van der Waals surface area contributed by atoms with E-state index in [1.54, 1.807) is 48.5 Å². The van der Waals surface area contributed by atoms with Crippen molar-refractivity contribution in [2.45, 2.75) is 19.8 Å². The first-order valence-electron chi connectivity index (χ1n) is 18.4. The van der Waals surface area contributed by atoms with E-state index in [4.69, 9.17) is 37.9 Å². The maximum absolute atomic E-state index is 13.3. The van der Waals surface area contributed by atoms with E-state index in [1.807, 2.05) is 49.4 Å². The molecular formula is C45H44O12. The van der Waals surface area contributed by atoms with E-state index < -0.39 is 23.9 Å². The predicted octanol–water partition coefficient (Wildman–Crippen LogP) is 7.63. The minimum absolute atomic E-state index is 0.139. The van der Waals surface area contributed by atoms with Gasteiger partial charge in [0, 0.05) is 12.2 Å². The van der Waals surface area contributed by atoms with Gasteiger partial charge < -0.3 is 37.9 Å². The van der Waals surface area contributed by atoms with E-state index in [1.165, 1.54) is 0 Å². The molecule has 0 heterocycles. The average Bonchev–Trinajstić information content (AvgIpc) is 3.23. The Labute approximate surface area is 330 Å². The fraction of sp³-hybridized carbons (Fsp3) is 0.244. The number of rotatable bonds is 22. The number of aryl methyl sites for hydroxylation is 1. The van der Waals surface area contributed by atoms with Crippen molar-refractivity contribution in [1.82, 2.24) is 0 Å². The van der Waals surface area contributed by atoms with Crippen LogP contribution in [0.4, 0.5) is 0 Å². The van der Waals surface area contributed by atoms with Gasteiger partial charge in [-0.3, -0.25) is 0 Å². The fourth-order valence-electron chi connectivity index (χ4n) is 5.55. The number of fused-ring (bicyclic) bond motifs is 2. The van der Waals surface area contributed by atoms with Crippen LogP contribution in [0.5, 0.6) is 23.0 Å². The summed E-state index contributed by atoms with van der Waals surface area (Å²) in [6, 6.07) is 26.6. The Morgan fingerprint density at radius 1 is 0.509 bits per heavy atom. The molecule has 0 unspecified atom stereocenters. The first-order valence-corrected chi connectivity index (χ1v) is 18.4. The average molecular weight is 777 g/mol. The normalized spacial score (nSPS) is 10.8. The number of hydrogen-bond acceptors (Lipinski definition) is 12. The summed E-state index contributed by atoms with van der Waals surface area (Å²) < 4.78 is 43.7. The number of esters is 4. The first-order chi connectivity index (χ1) is 27.8. The van der Waals surface area contributed by atoms with E-state index in [0.717, 1.165) is 45.7 Å². The molecule has 0 aliphatic heterocycles. The van der Waals surface area contributed by atoms with E-state index in [2.05, 4.69) is 13.2 Å². The maximum Gasteiger partial charge on any atom is 0.343 e. The Hall–Kier alpha value is -6.50. The number of carbonyl (C=O) groups is 4. The van der Waals surface area contributed by atoms with Crippen LogP contribution in [0.2, 0.25) is 0 Å². The second kappa shape index (κ2) is 21.6. The SMILES string of the molecule is C=CC(=O)OCCOCCOc1ccc2cc(C(=O)Oc3ccc(OC(=O)c4ccc5cc(OCCOCCOC(=O)C=C)ccc5c4)c(CCC)c3)ccc2c1. The summed E-state index contributed by atoms with van der Waals surface area (Å²) >= 11 is 0. The summed E-state index contributed by atoms with van der Waals surface area (Å²) in [6.07, 6.45) is 3.57. The van der Waals surface area contributed by atoms with Gasteiger partial charge in [-0.1, -0.05) is 50.8 Å². The third-order valence-electron chi connectivity index (χ3n) is 8.33. The highest BCUT2D eigenvalue weighted by Gasteiger charge is 2.16. The van der Waals surface area contributed by atoms with Crippen molar-refractivity contribution in [3.05, 3.63) is 133 Å². The molecule has 0 spiro atoms. The summed E-state index contributed by atoms with van der Waals surface area (Å²) in [5, 5.41) is 3.42. The minimum atomic E-state index is -0.526. The third kappa shape index (κ3) is 12.8. The van der Waals surface area contributed by atoms with Crippen molar-refractivity contribution in [2.24, 2.45) is 0 Å². The van der Waals surface area contributed by atoms with Crippen LogP contribution >= 0.6 is 0 Å². The smallest absolute Gasteiger partial charge is 0.343 e. The van der Waals surface area contributed by atoms with Crippen molar-refractivity contribution in [3.63, 3.8) is 0 Å². The molecule has 0 aromatic heterocycles. The summed E-state index contributed by atoms with van der Waals surface area (Å²) in [5.74, 6) is -0.0252. The molecule has 0 N–H and O–H groups in total. The van der Waals surface area contributed by atoms with Gasteiger partial charge in [0.2, 0.25) is 0 Å². The standard InChI is InChI=1S/C45H44O12/c1-4-7-35-30-40(56-44(48)36-10-8-33-28-38(14-12-31(33)26-36)52-22-18-50-20-24-54-42(46)5-2)16-17-41(35)57-45(49)37-11-9-34-29-39(15-13-32(34)27-37)53-23-19-51-21-25-55-43(47)6-3/h5-6,8-17,26-30H,2-4,7,18-25H2,1H3. The van der Waals surface area contributed by atoms with Gasteiger partial charge in [0.15, 0.2) is 0 Å². The minimum Gasteiger partial charge on any atom is -0.491 e. The van der Waals surface area contributed by atoms with Crippen molar-refractivity contribution in [3.8, 4) is 23.0 Å². The molecule has 0 saturated heterocycles. The van der Waals surface area contributed by atoms with Crippen molar-refractivity contribution < 1.29 is 57.1 Å². The number of carbonyl (C=O) groups excluding carboxylic acids is 4. The molecule has 5 aromatic rings. The number of hydrogen-bond donors (Lipinski definition) is 0. The largest absolute Gasteiger partial charge is 0.491 e. The molecule has 0 atom stereocenters. The Bertz CT molecular complexity index is 2210. The predicted molar refractivity (Wildman–Crippen MR) is 213 cm³/mol. The molecular weight excluding hydrogens is 732 g/mol.